The third kappa shape index (κ3) is 3.83. The van der Waals surface area contributed by atoms with E-state index in [0.29, 0.717) is 31.1 Å². The summed E-state index contributed by atoms with van der Waals surface area (Å²) in [6.45, 7) is 6.99. The van der Waals surface area contributed by atoms with Gasteiger partial charge < -0.3 is 5.11 Å². The zero-order chi connectivity index (χ0) is 15.5. The van der Waals surface area contributed by atoms with Crippen molar-refractivity contribution >= 4 is 10.0 Å². The molecule has 1 aliphatic rings. The first-order valence-electron chi connectivity index (χ1n) is 7.36. The summed E-state index contributed by atoms with van der Waals surface area (Å²) in [6, 6.07) is 5.54. The lowest BCUT2D eigenvalue weighted by Crippen LogP contribution is -2.36. The van der Waals surface area contributed by atoms with Gasteiger partial charge in [-0.3, -0.25) is 4.90 Å². The molecule has 1 aromatic rings. The molecule has 0 aliphatic carbocycles. The topological polar surface area (TPSA) is 60.9 Å². The molecular weight excluding hydrogens is 288 g/mol. The Hall–Kier alpha value is -0.950. The average Bonchev–Trinajstić information content (AvgIpc) is 2.68. The number of rotatable bonds is 4. The van der Waals surface area contributed by atoms with E-state index in [2.05, 4.69) is 4.90 Å². The molecule has 0 aromatic heterocycles. The van der Waals surface area contributed by atoms with Crippen LogP contribution in [0.1, 0.15) is 17.5 Å². The highest BCUT2D eigenvalue weighted by Gasteiger charge is 2.28. The fraction of sp³-hybridized carbons (Fsp3) is 0.600. The van der Waals surface area contributed by atoms with Crippen LogP contribution >= 0.6 is 0 Å². The Morgan fingerprint density at radius 1 is 1.14 bits per heavy atom. The summed E-state index contributed by atoms with van der Waals surface area (Å²) < 4.78 is 27.2. The number of hydrogen-bond donors (Lipinski definition) is 1. The average molecular weight is 312 g/mol. The molecule has 0 radical (unpaired) electrons. The summed E-state index contributed by atoms with van der Waals surface area (Å²) >= 11 is 0. The summed E-state index contributed by atoms with van der Waals surface area (Å²) in [5.41, 5.74) is 1.74. The van der Waals surface area contributed by atoms with Crippen molar-refractivity contribution in [2.45, 2.75) is 25.2 Å². The molecule has 1 aromatic carbocycles. The molecule has 2 rings (SSSR count). The predicted octanol–water partition coefficient (Wildman–Crippen LogP) is 0.992. The molecule has 1 heterocycles. The van der Waals surface area contributed by atoms with Crippen molar-refractivity contribution in [3.63, 3.8) is 0 Å². The third-order valence-corrected chi connectivity index (χ3v) is 5.97. The number of hydrogen-bond acceptors (Lipinski definition) is 4. The Labute approximate surface area is 127 Å². The summed E-state index contributed by atoms with van der Waals surface area (Å²) in [5.74, 6) is 0. The van der Waals surface area contributed by atoms with Crippen molar-refractivity contribution in [1.82, 2.24) is 9.21 Å². The lowest BCUT2D eigenvalue weighted by atomic mass is 10.2. The largest absolute Gasteiger partial charge is 0.395 e. The van der Waals surface area contributed by atoms with Crippen molar-refractivity contribution in [2.75, 3.05) is 39.3 Å². The maximum absolute atomic E-state index is 12.8. The maximum Gasteiger partial charge on any atom is 0.243 e. The molecule has 118 valence electrons. The highest BCUT2D eigenvalue weighted by atomic mass is 32.2. The smallest absolute Gasteiger partial charge is 0.243 e. The van der Waals surface area contributed by atoms with Crippen molar-refractivity contribution in [3.8, 4) is 0 Å². The van der Waals surface area contributed by atoms with Crippen LogP contribution in [0.15, 0.2) is 23.1 Å². The molecule has 0 unspecified atom stereocenters. The fourth-order valence-electron chi connectivity index (χ4n) is 2.68. The summed E-state index contributed by atoms with van der Waals surface area (Å²) in [6.07, 6.45) is 0.796. The molecule has 0 spiro atoms. The van der Waals surface area contributed by atoms with Crippen LogP contribution in [-0.2, 0) is 10.0 Å². The van der Waals surface area contributed by atoms with Crippen LogP contribution in [0.5, 0.6) is 0 Å². The monoisotopic (exact) mass is 312 g/mol. The Bertz CT molecular complexity index is 587. The molecule has 5 nitrogen and oxygen atoms in total. The second-order valence-electron chi connectivity index (χ2n) is 5.59. The fourth-order valence-corrected chi connectivity index (χ4v) is 4.46. The van der Waals surface area contributed by atoms with Crippen molar-refractivity contribution < 1.29 is 13.5 Å². The van der Waals surface area contributed by atoms with Crippen LogP contribution in [0, 0.1) is 13.8 Å². The number of aliphatic hydroxyl groups excluding tert-OH is 1. The van der Waals surface area contributed by atoms with E-state index < -0.39 is 10.0 Å². The van der Waals surface area contributed by atoms with Gasteiger partial charge in [-0.05, 0) is 44.0 Å². The number of aliphatic hydroxyl groups is 1. The van der Waals surface area contributed by atoms with Gasteiger partial charge in [-0.1, -0.05) is 12.1 Å². The number of sulfonamides is 1. The normalized spacial score (nSPS) is 18.6. The van der Waals surface area contributed by atoms with Gasteiger partial charge in [0.25, 0.3) is 0 Å². The minimum atomic E-state index is -3.43. The summed E-state index contributed by atoms with van der Waals surface area (Å²) in [7, 11) is -3.43. The molecule has 0 atom stereocenters. The third-order valence-electron chi connectivity index (χ3n) is 3.93. The molecule has 0 bridgehead atoms. The van der Waals surface area contributed by atoms with Crippen LogP contribution in [0.25, 0.3) is 0 Å². The van der Waals surface area contributed by atoms with Gasteiger partial charge in [0.05, 0.1) is 11.5 Å². The SMILES string of the molecule is Cc1ccc(C)c(S(=O)(=O)N2CCCN(CCO)CC2)c1. The van der Waals surface area contributed by atoms with Crippen molar-refractivity contribution in [3.05, 3.63) is 29.3 Å². The van der Waals surface area contributed by atoms with Crippen LogP contribution < -0.4 is 0 Å². The van der Waals surface area contributed by atoms with Gasteiger partial charge in [0.1, 0.15) is 0 Å². The Balaban J connectivity index is 2.21. The van der Waals surface area contributed by atoms with Crippen LogP contribution in [0.3, 0.4) is 0 Å². The quantitative estimate of drug-likeness (QED) is 0.901. The van der Waals surface area contributed by atoms with E-state index in [4.69, 9.17) is 5.11 Å². The molecule has 1 saturated heterocycles. The Kier molecular flexibility index (Phi) is 5.37. The molecule has 21 heavy (non-hydrogen) atoms. The second kappa shape index (κ2) is 6.87. The van der Waals surface area contributed by atoms with Gasteiger partial charge in [-0.15, -0.1) is 0 Å². The maximum atomic E-state index is 12.8. The van der Waals surface area contributed by atoms with Gasteiger partial charge in [-0.25, -0.2) is 8.42 Å². The predicted molar refractivity (Wildman–Crippen MR) is 82.8 cm³/mol. The van der Waals surface area contributed by atoms with Crippen LogP contribution in [-0.4, -0.2) is 62.1 Å². The first-order chi connectivity index (χ1) is 9.95. The van der Waals surface area contributed by atoms with Gasteiger partial charge in [0.2, 0.25) is 10.0 Å². The highest BCUT2D eigenvalue weighted by molar-refractivity contribution is 7.89. The first-order valence-corrected chi connectivity index (χ1v) is 8.80. The summed E-state index contributed by atoms with van der Waals surface area (Å²) in [5, 5.41) is 9.01. The molecule has 6 heteroatoms. The lowest BCUT2D eigenvalue weighted by Gasteiger charge is -2.22. The molecule has 1 fully saturated rings. The molecule has 1 N–H and O–H groups in total. The van der Waals surface area contributed by atoms with Gasteiger partial charge in [0.15, 0.2) is 0 Å². The molecule has 1 aliphatic heterocycles. The molecule has 0 amide bonds. The Morgan fingerprint density at radius 2 is 1.90 bits per heavy atom. The van der Waals surface area contributed by atoms with E-state index in [1.54, 1.807) is 10.4 Å². The van der Waals surface area contributed by atoms with E-state index in [1.165, 1.54) is 0 Å². The number of benzene rings is 1. The van der Waals surface area contributed by atoms with Crippen LogP contribution in [0.4, 0.5) is 0 Å². The number of nitrogens with zero attached hydrogens (tertiary/aromatic N) is 2. The molecular formula is C15H24N2O3S. The minimum Gasteiger partial charge on any atom is -0.395 e. The van der Waals surface area contributed by atoms with E-state index >= 15 is 0 Å². The summed E-state index contributed by atoms with van der Waals surface area (Å²) in [4.78, 5) is 2.52. The minimum absolute atomic E-state index is 0.115. The van der Waals surface area contributed by atoms with Crippen molar-refractivity contribution in [1.29, 1.82) is 0 Å². The zero-order valence-electron chi connectivity index (χ0n) is 12.7. The standard InChI is InChI=1S/C15H24N2O3S/c1-13-4-5-14(2)15(12-13)21(19,20)17-7-3-6-16(8-9-17)10-11-18/h4-5,12,18H,3,6-11H2,1-2H3. The Morgan fingerprint density at radius 3 is 2.62 bits per heavy atom. The van der Waals surface area contributed by atoms with Crippen LogP contribution in [0.2, 0.25) is 0 Å². The van der Waals surface area contributed by atoms with Gasteiger partial charge in [0, 0.05) is 26.2 Å². The molecule has 0 saturated carbocycles. The lowest BCUT2D eigenvalue weighted by molar-refractivity contribution is 0.202. The van der Waals surface area contributed by atoms with Gasteiger partial charge >= 0.3 is 0 Å². The van der Waals surface area contributed by atoms with Crippen molar-refractivity contribution in [2.24, 2.45) is 0 Å². The van der Waals surface area contributed by atoms with E-state index in [9.17, 15) is 8.42 Å². The van der Waals surface area contributed by atoms with E-state index in [0.717, 1.165) is 24.1 Å². The van der Waals surface area contributed by atoms with E-state index in [1.807, 2.05) is 26.0 Å². The highest BCUT2D eigenvalue weighted by Crippen LogP contribution is 2.22. The van der Waals surface area contributed by atoms with E-state index in [-0.39, 0.29) is 6.61 Å². The number of β-amino-alcohol motifs (C(OH)–C–C–N with tert-alkyl or cyclic N) is 1. The second-order valence-corrected chi connectivity index (χ2v) is 7.50. The first kappa shape index (κ1) is 16.4. The number of aryl methyl sites for hydroxylation is 2. The zero-order valence-corrected chi connectivity index (χ0v) is 13.6. The van der Waals surface area contributed by atoms with Gasteiger partial charge in [-0.2, -0.15) is 4.31 Å².